The smallest absolute Gasteiger partial charge is 0.247 e. The van der Waals surface area contributed by atoms with Crippen molar-refractivity contribution in [2.24, 2.45) is 0 Å². The maximum Gasteiger partial charge on any atom is 0.247 e. The largest absolute Gasteiger partial charge is 0.493 e. The summed E-state index contributed by atoms with van der Waals surface area (Å²) in [6.07, 6.45) is 0. The molecule has 1 aromatic heterocycles. The highest BCUT2D eigenvalue weighted by molar-refractivity contribution is 7.12. The normalized spacial score (nSPS) is 10.7. The van der Waals surface area contributed by atoms with E-state index in [4.69, 9.17) is 0 Å². The second-order valence-corrected chi connectivity index (χ2v) is 6.61. The summed E-state index contributed by atoms with van der Waals surface area (Å²) >= 11 is 1.06. The van der Waals surface area contributed by atoms with Crippen LogP contribution in [-0.4, -0.2) is 10.1 Å². The van der Waals surface area contributed by atoms with Crippen LogP contribution in [0.1, 0.15) is 16.7 Å². The van der Waals surface area contributed by atoms with E-state index in [0.717, 1.165) is 39.2 Å². The molecule has 1 heterocycles. The van der Waals surface area contributed by atoms with E-state index in [1.54, 1.807) is 0 Å². The first-order chi connectivity index (χ1) is 11.0. The lowest BCUT2D eigenvalue weighted by atomic mass is 9.95. The van der Waals surface area contributed by atoms with Gasteiger partial charge in [0.05, 0.1) is 0 Å². The SMILES string of the molecule is Cc1cc(C)c(-c2c(O)nc(-c3ccccc3)sc2=O)c(C)c1. The molecule has 0 fully saturated rings. The van der Waals surface area contributed by atoms with Gasteiger partial charge < -0.3 is 5.11 Å². The Morgan fingerprint density at radius 1 is 0.957 bits per heavy atom. The lowest BCUT2D eigenvalue weighted by molar-refractivity contribution is 0.457. The number of hydrogen-bond acceptors (Lipinski definition) is 4. The highest BCUT2D eigenvalue weighted by Crippen LogP contribution is 2.33. The van der Waals surface area contributed by atoms with Gasteiger partial charge in [-0.3, -0.25) is 4.79 Å². The number of nitrogens with zero attached hydrogens (tertiary/aromatic N) is 1. The summed E-state index contributed by atoms with van der Waals surface area (Å²) in [6, 6.07) is 13.4. The molecule has 0 unspecified atom stereocenters. The molecule has 4 heteroatoms. The minimum absolute atomic E-state index is 0.175. The zero-order valence-corrected chi connectivity index (χ0v) is 14.1. The maximum atomic E-state index is 12.6. The molecule has 2 aromatic carbocycles. The predicted octanol–water partition coefficient (Wildman–Crippen LogP) is 4.47. The van der Waals surface area contributed by atoms with Crippen molar-refractivity contribution in [1.29, 1.82) is 0 Å². The van der Waals surface area contributed by atoms with Crippen molar-refractivity contribution in [1.82, 2.24) is 4.98 Å². The summed E-state index contributed by atoms with van der Waals surface area (Å²) in [4.78, 5) is 16.9. The summed E-state index contributed by atoms with van der Waals surface area (Å²) in [6.45, 7) is 5.91. The summed E-state index contributed by atoms with van der Waals surface area (Å²) in [5.41, 5.74) is 4.97. The number of aromatic nitrogens is 1. The van der Waals surface area contributed by atoms with Gasteiger partial charge in [-0.05, 0) is 37.5 Å². The van der Waals surface area contributed by atoms with Gasteiger partial charge in [-0.1, -0.05) is 59.4 Å². The molecule has 0 atom stereocenters. The molecule has 0 radical (unpaired) electrons. The van der Waals surface area contributed by atoms with Crippen LogP contribution in [0.3, 0.4) is 0 Å². The van der Waals surface area contributed by atoms with Crippen molar-refractivity contribution in [3.05, 3.63) is 68.7 Å². The standard InChI is InChI=1S/C19H17NO2S/c1-11-9-12(2)15(13(3)10-11)16-17(21)20-18(23-19(16)22)14-7-5-4-6-8-14/h4-10,21H,1-3H3. The molecule has 23 heavy (non-hydrogen) atoms. The van der Waals surface area contributed by atoms with Crippen LogP contribution >= 0.6 is 11.3 Å². The van der Waals surface area contributed by atoms with Gasteiger partial charge in [-0.25, -0.2) is 4.98 Å². The summed E-state index contributed by atoms with van der Waals surface area (Å²) in [7, 11) is 0. The Kier molecular flexibility index (Phi) is 4.01. The van der Waals surface area contributed by atoms with Gasteiger partial charge in [-0.15, -0.1) is 0 Å². The molecule has 0 aliphatic rings. The van der Waals surface area contributed by atoms with Crippen LogP contribution in [0.2, 0.25) is 0 Å². The lowest BCUT2D eigenvalue weighted by Gasteiger charge is -2.12. The van der Waals surface area contributed by atoms with Gasteiger partial charge in [-0.2, -0.15) is 0 Å². The molecule has 1 N–H and O–H groups in total. The van der Waals surface area contributed by atoms with E-state index in [-0.39, 0.29) is 10.6 Å². The van der Waals surface area contributed by atoms with Gasteiger partial charge in [0.15, 0.2) is 0 Å². The average molecular weight is 323 g/mol. The van der Waals surface area contributed by atoms with Crippen molar-refractivity contribution in [3.8, 4) is 27.6 Å². The second kappa shape index (κ2) is 5.97. The van der Waals surface area contributed by atoms with Crippen molar-refractivity contribution < 1.29 is 5.11 Å². The van der Waals surface area contributed by atoms with E-state index in [2.05, 4.69) is 4.98 Å². The van der Waals surface area contributed by atoms with Crippen LogP contribution in [0, 0.1) is 20.8 Å². The minimum atomic E-state index is -0.206. The highest BCUT2D eigenvalue weighted by atomic mass is 32.1. The quantitative estimate of drug-likeness (QED) is 0.757. The van der Waals surface area contributed by atoms with E-state index >= 15 is 0 Å². The number of benzene rings is 2. The van der Waals surface area contributed by atoms with Crippen LogP contribution in [0.4, 0.5) is 0 Å². The fraction of sp³-hybridized carbons (Fsp3) is 0.158. The van der Waals surface area contributed by atoms with Crippen LogP contribution in [0.5, 0.6) is 5.88 Å². The monoisotopic (exact) mass is 323 g/mol. The molecule has 0 spiro atoms. The summed E-state index contributed by atoms with van der Waals surface area (Å²) in [5.74, 6) is -0.206. The molecule has 0 aliphatic carbocycles. The van der Waals surface area contributed by atoms with Crippen molar-refractivity contribution >= 4 is 11.3 Å². The zero-order chi connectivity index (χ0) is 16.6. The van der Waals surface area contributed by atoms with Gasteiger partial charge in [0, 0.05) is 5.56 Å². The molecule has 116 valence electrons. The molecule has 3 rings (SSSR count). The van der Waals surface area contributed by atoms with Gasteiger partial charge in [0.2, 0.25) is 10.6 Å². The zero-order valence-electron chi connectivity index (χ0n) is 13.3. The maximum absolute atomic E-state index is 12.6. The van der Waals surface area contributed by atoms with Gasteiger partial charge in [0.1, 0.15) is 10.6 Å². The van der Waals surface area contributed by atoms with Crippen molar-refractivity contribution in [2.45, 2.75) is 20.8 Å². The van der Waals surface area contributed by atoms with Gasteiger partial charge in [0.25, 0.3) is 0 Å². The molecule has 0 amide bonds. The van der Waals surface area contributed by atoms with Crippen molar-refractivity contribution in [2.75, 3.05) is 0 Å². The van der Waals surface area contributed by atoms with Crippen LogP contribution < -0.4 is 4.74 Å². The Bertz CT molecular complexity index is 907. The third kappa shape index (κ3) is 2.90. The van der Waals surface area contributed by atoms with E-state index in [9.17, 15) is 9.90 Å². The third-order valence-electron chi connectivity index (χ3n) is 3.77. The fourth-order valence-corrected chi connectivity index (χ4v) is 3.75. The number of hydrogen-bond donors (Lipinski definition) is 1. The van der Waals surface area contributed by atoms with E-state index < -0.39 is 0 Å². The topological polar surface area (TPSA) is 50.2 Å². The van der Waals surface area contributed by atoms with E-state index in [1.165, 1.54) is 0 Å². The fourth-order valence-electron chi connectivity index (χ4n) is 2.90. The number of aromatic hydroxyl groups is 1. The molecule has 0 saturated carbocycles. The first kappa shape index (κ1) is 15.4. The first-order valence-electron chi connectivity index (χ1n) is 7.35. The van der Waals surface area contributed by atoms with Crippen molar-refractivity contribution in [3.63, 3.8) is 0 Å². The Labute approximate surface area is 138 Å². The molecule has 3 nitrogen and oxygen atoms in total. The molecule has 0 saturated heterocycles. The summed E-state index contributed by atoms with van der Waals surface area (Å²) in [5, 5.41) is 10.9. The lowest BCUT2D eigenvalue weighted by Crippen LogP contribution is -2.05. The number of aryl methyl sites for hydroxylation is 3. The Morgan fingerprint density at radius 3 is 2.13 bits per heavy atom. The molecule has 0 bridgehead atoms. The molecular formula is C19H17NO2S. The number of rotatable bonds is 2. The van der Waals surface area contributed by atoms with Crippen LogP contribution in [-0.2, 0) is 0 Å². The molecule has 3 aromatic rings. The highest BCUT2D eigenvalue weighted by Gasteiger charge is 2.18. The average Bonchev–Trinajstić information content (AvgIpc) is 2.49. The van der Waals surface area contributed by atoms with E-state index in [0.29, 0.717) is 10.6 Å². The third-order valence-corrected chi connectivity index (χ3v) is 4.68. The molecular weight excluding hydrogens is 306 g/mol. The predicted molar refractivity (Wildman–Crippen MR) is 95.1 cm³/mol. The van der Waals surface area contributed by atoms with Gasteiger partial charge >= 0.3 is 0 Å². The molecule has 0 aliphatic heterocycles. The summed E-state index contributed by atoms with van der Waals surface area (Å²) < 4.78 is -0.175. The second-order valence-electron chi connectivity index (χ2n) is 5.64. The Morgan fingerprint density at radius 2 is 1.57 bits per heavy atom. The van der Waals surface area contributed by atoms with E-state index in [1.807, 2.05) is 63.2 Å². The van der Waals surface area contributed by atoms with Crippen LogP contribution in [0.25, 0.3) is 21.7 Å². The Balaban J connectivity index is 2.22. The minimum Gasteiger partial charge on any atom is -0.493 e. The Hall–Kier alpha value is -2.46. The van der Waals surface area contributed by atoms with Crippen LogP contribution in [0.15, 0.2) is 47.3 Å². The first-order valence-corrected chi connectivity index (χ1v) is 8.17.